The Balaban J connectivity index is 2.07. The van der Waals surface area contributed by atoms with Crippen LogP contribution in [0.3, 0.4) is 0 Å². The first-order valence-electron chi connectivity index (χ1n) is 4.99. The van der Waals surface area contributed by atoms with Crippen LogP contribution in [-0.4, -0.2) is 15.0 Å². The summed E-state index contributed by atoms with van der Waals surface area (Å²) in [5.41, 5.74) is 3.21. The van der Waals surface area contributed by atoms with E-state index in [1.165, 1.54) is 5.56 Å². The Labute approximate surface area is 101 Å². The predicted molar refractivity (Wildman–Crippen MR) is 63.5 cm³/mol. The first kappa shape index (κ1) is 9.86. The van der Waals surface area contributed by atoms with E-state index in [9.17, 15) is 0 Å². The maximum absolute atomic E-state index is 4.53. The molecule has 3 heterocycles. The lowest BCUT2D eigenvalue weighted by Gasteiger charge is -2.02. The fourth-order valence-electron chi connectivity index (χ4n) is 1.73. The Hall–Kier alpha value is -1.33. The topological polar surface area (TPSA) is 50.7 Å². The third-order valence-electron chi connectivity index (χ3n) is 2.53. The SMILES string of the molecule is Brc1cncc(-c2ncc3c(n2)CNC3)c1. The van der Waals surface area contributed by atoms with Crippen LogP contribution in [0.5, 0.6) is 0 Å². The first-order valence-corrected chi connectivity index (χ1v) is 5.78. The Morgan fingerprint density at radius 3 is 3.00 bits per heavy atom. The molecular formula is C11H9BrN4. The maximum atomic E-state index is 4.53. The maximum Gasteiger partial charge on any atom is 0.161 e. The lowest BCUT2D eigenvalue weighted by atomic mass is 10.2. The first-order chi connectivity index (χ1) is 7.83. The molecule has 0 bridgehead atoms. The molecule has 5 heteroatoms. The molecule has 1 N–H and O–H groups in total. The van der Waals surface area contributed by atoms with Crippen LogP contribution < -0.4 is 5.32 Å². The smallest absolute Gasteiger partial charge is 0.161 e. The van der Waals surface area contributed by atoms with E-state index < -0.39 is 0 Å². The minimum Gasteiger partial charge on any atom is -0.307 e. The summed E-state index contributed by atoms with van der Waals surface area (Å²) in [4.78, 5) is 13.0. The van der Waals surface area contributed by atoms with Crippen LogP contribution >= 0.6 is 15.9 Å². The van der Waals surface area contributed by atoms with Crippen LogP contribution in [0.25, 0.3) is 11.4 Å². The molecule has 0 unspecified atom stereocenters. The minimum atomic E-state index is 0.733. The lowest BCUT2D eigenvalue weighted by molar-refractivity contribution is 0.758. The number of pyridine rings is 1. The Bertz CT molecular complexity index is 541. The number of halogens is 1. The van der Waals surface area contributed by atoms with Crippen molar-refractivity contribution in [2.45, 2.75) is 13.1 Å². The van der Waals surface area contributed by atoms with Crippen LogP contribution in [0.1, 0.15) is 11.3 Å². The van der Waals surface area contributed by atoms with E-state index in [2.05, 4.69) is 36.2 Å². The highest BCUT2D eigenvalue weighted by atomic mass is 79.9. The van der Waals surface area contributed by atoms with Gasteiger partial charge in [-0.15, -0.1) is 0 Å². The molecule has 0 saturated carbocycles. The van der Waals surface area contributed by atoms with Crippen molar-refractivity contribution in [1.29, 1.82) is 0 Å². The molecular weight excluding hydrogens is 268 g/mol. The summed E-state index contributed by atoms with van der Waals surface area (Å²) in [6.07, 6.45) is 5.41. The molecule has 0 amide bonds. The zero-order valence-electron chi connectivity index (χ0n) is 8.44. The van der Waals surface area contributed by atoms with Crippen LogP contribution in [0.2, 0.25) is 0 Å². The van der Waals surface area contributed by atoms with Crippen LogP contribution in [0.4, 0.5) is 0 Å². The van der Waals surface area contributed by atoms with Gasteiger partial charge in [0, 0.05) is 47.3 Å². The zero-order chi connectivity index (χ0) is 11.0. The summed E-state index contributed by atoms with van der Waals surface area (Å²) in [5.74, 6) is 0.733. The molecule has 80 valence electrons. The Morgan fingerprint density at radius 1 is 1.19 bits per heavy atom. The number of hydrogen-bond donors (Lipinski definition) is 1. The highest BCUT2D eigenvalue weighted by Gasteiger charge is 2.13. The molecule has 2 aromatic heterocycles. The Morgan fingerprint density at radius 2 is 2.12 bits per heavy atom. The number of hydrogen-bond acceptors (Lipinski definition) is 4. The Kier molecular flexibility index (Phi) is 2.41. The summed E-state index contributed by atoms with van der Waals surface area (Å²) in [5, 5.41) is 3.25. The van der Waals surface area contributed by atoms with Gasteiger partial charge in [-0.3, -0.25) is 4.98 Å². The molecule has 1 aliphatic heterocycles. The van der Waals surface area contributed by atoms with Crippen LogP contribution in [-0.2, 0) is 13.1 Å². The molecule has 0 spiro atoms. The molecule has 0 atom stereocenters. The standard InChI is InChI=1S/C11H9BrN4/c12-9-1-7(2-13-5-9)11-15-4-8-3-14-6-10(8)16-11/h1-2,4-5,14H,3,6H2. The van der Waals surface area contributed by atoms with Gasteiger partial charge in [-0.2, -0.15) is 0 Å². The highest BCUT2D eigenvalue weighted by Crippen LogP contribution is 2.20. The number of nitrogens with zero attached hydrogens (tertiary/aromatic N) is 3. The molecule has 0 aliphatic carbocycles. The van der Waals surface area contributed by atoms with Crippen LogP contribution in [0, 0.1) is 0 Å². The van der Waals surface area contributed by atoms with Gasteiger partial charge in [-0.25, -0.2) is 9.97 Å². The highest BCUT2D eigenvalue weighted by molar-refractivity contribution is 9.10. The normalized spacial score (nSPS) is 13.8. The monoisotopic (exact) mass is 276 g/mol. The third kappa shape index (κ3) is 1.72. The van der Waals surface area contributed by atoms with Crippen molar-refractivity contribution in [2.75, 3.05) is 0 Å². The summed E-state index contributed by atoms with van der Waals surface area (Å²) in [7, 11) is 0. The summed E-state index contributed by atoms with van der Waals surface area (Å²) in [6, 6.07) is 1.97. The fourth-order valence-corrected chi connectivity index (χ4v) is 2.10. The fraction of sp³-hybridized carbons (Fsp3) is 0.182. The molecule has 16 heavy (non-hydrogen) atoms. The van der Waals surface area contributed by atoms with Gasteiger partial charge in [-0.1, -0.05) is 0 Å². The molecule has 0 radical (unpaired) electrons. The van der Waals surface area contributed by atoms with E-state index in [1.807, 2.05) is 12.3 Å². The van der Waals surface area contributed by atoms with Crippen LogP contribution in [0.15, 0.2) is 29.1 Å². The van der Waals surface area contributed by atoms with E-state index in [-0.39, 0.29) is 0 Å². The van der Waals surface area contributed by atoms with Crippen molar-refractivity contribution in [3.63, 3.8) is 0 Å². The van der Waals surface area contributed by atoms with Gasteiger partial charge in [0.1, 0.15) is 0 Å². The molecule has 2 aromatic rings. The average molecular weight is 277 g/mol. The van der Waals surface area contributed by atoms with Crippen molar-refractivity contribution >= 4 is 15.9 Å². The predicted octanol–water partition coefficient (Wildman–Crippen LogP) is 1.90. The van der Waals surface area contributed by atoms with Crippen molar-refractivity contribution in [2.24, 2.45) is 0 Å². The molecule has 0 saturated heterocycles. The molecule has 3 rings (SSSR count). The number of rotatable bonds is 1. The number of fused-ring (bicyclic) bond motifs is 1. The minimum absolute atomic E-state index is 0.733. The number of aromatic nitrogens is 3. The average Bonchev–Trinajstić information content (AvgIpc) is 2.75. The third-order valence-corrected chi connectivity index (χ3v) is 2.96. The summed E-state index contributed by atoms with van der Waals surface area (Å²) < 4.78 is 0.937. The van der Waals surface area contributed by atoms with Gasteiger partial charge in [0.25, 0.3) is 0 Å². The quantitative estimate of drug-likeness (QED) is 0.865. The second-order valence-electron chi connectivity index (χ2n) is 3.66. The van der Waals surface area contributed by atoms with Gasteiger partial charge in [0.15, 0.2) is 5.82 Å². The number of nitrogens with one attached hydrogen (secondary N) is 1. The second-order valence-corrected chi connectivity index (χ2v) is 4.58. The lowest BCUT2D eigenvalue weighted by Crippen LogP contribution is -2.00. The second kappa shape index (κ2) is 3.92. The van der Waals surface area contributed by atoms with Crippen molar-refractivity contribution in [1.82, 2.24) is 20.3 Å². The zero-order valence-corrected chi connectivity index (χ0v) is 10.0. The van der Waals surface area contributed by atoms with E-state index in [0.717, 1.165) is 34.6 Å². The largest absolute Gasteiger partial charge is 0.307 e. The summed E-state index contributed by atoms with van der Waals surface area (Å²) in [6.45, 7) is 1.69. The van der Waals surface area contributed by atoms with E-state index in [0.29, 0.717) is 0 Å². The van der Waals surface area contributed by atoms with Crippen molar-refractivity contribution in [3.8, 4) is 11.4 Å². The van der Waals surface area contributed by atoms with Crippen molar-refractivity contribution in [3.05, 3.63) is 40.4 Å². The molecule has 0 fully saturated rings. The molecule has 4 nitrogen and oxygen atoms in total. The molecule has 0 aromatic carbocycles. The van der Waals surface area contributed by atoms with E-state index in [1.54, 1.807) is 12.4 Å². The van der Waals surface area contributed by atoms with Gasteiger partial charge in [0.05, 0.1) is 5.69 Å². The van der Waals surface area contributed by atoms with Crippen molar-refractivity contribution < 1.29 is 0 Å². The van der Waals surface area contributed by atoms with Gasteiger partial charge in [-0.05, 0) is 22.0 Å². The van der Waals surface area contributed by atoms with Gasteiger partial charge >= 0.3 is 0 Å². The van der Waals surface area contributed by atoms with E-state index >= 15 is 0 Å². The van der Waals surface area contributed by atoms with E-state index in [4.69, 9.17) is 0 Å². The van der Waals surface area contributed by atoms with Gasteiger partial charge in [0.2, 0.25) is 0 Å². The summed E-state index contributed by atoms with van der Waals surface area (Å²) >= 11 is 3.39. The molecule has 1 aliphatic rings. The van der Waals surface area contributed by atoms with Gasteiger partial charge < -0.3 is 5.32 Å².